The van der Waals surface area contributed by atoms with Crippen LogP contribution in [0.5, 0.6) is 0 Å². The molecule has 7 nitrogen and oxygen atoms in total. The molecule has 1 amide bonds. The number of carboxylic acid groups (broad SMARTS) is 1. The maximum absolute atomic E-state index is 15.3. The Hall–Kier alpha value is -4.73. The monoisotopic (exact) mass is 690 g/mol. The van der Waals surface area contributed by atoms with E-state index in [4.69, 9.17) is 0 Å². The van der Waals surface area contributed by atoms with Gasteiger partial charge >= 0.3 is 5.97 Å². The van der Waals surface area contributed by atoms with Gasteiger partial charge in [0.25, 0.3) is 5.91 Å². The first-order chi connectivity index (χ1) is 24.0. The summed E-state index contributed by atoms with van der Waals surface area (Å²) in [6.07, 6.45) is 5.98. The number of nitrogens with zero attached hydrogens (tertiary/aromatic N) is 3. The summed E-state index contributed by atoms with van der Waals surface area (Å²) in [4.78, 5) is 37.6. The average molecular weight is 691 g/mol. The highest BCUT2D eigenvalue weighted by Crippen LogP contribution is 2.31. The third kappa shape index (κ3) is 8.34. The van der Waals surface area contributed by atoms with E-state index in [0.29, 0.717) is 47.9 Å². The van der Waals surface area contributed by atoms with Crippen LogP contribution in [0, 0.1) is 11.7 Å². The molecule has 258 valence electrons. The van der Waals surface area contributed by atoms with Gasteiger partial charge in [-0.05, 0) is 58.7 Å². The molecular formula is C41H43FN4O3S. The predicted molar refractivity (Wildman–Crippen MR) is 198 cm³/mol. The molecule has 1 fully saturated rings. The first-order valence-electron chi connectivity index (χ1n) is 17.1. The van der Waals surface area contributed by atoms with Crippen LogP contribution in [0.25, 0.3) is 33.6 Å². The minimum absolute atomic E-state index is 0.0407. The molecule has 0 radical (unpaired) electrons. The van der Waals surface area contributed by atoms with Crippen LogP contribution in [-0.2, 0) is 23.1 Å². The minimum Gasteiger partial charge on any atom is -0.481 e. The number of carbonyl (C=O) groups is 2. The zero-order valence-electron chi connectivity index (χ0n) is 28.9. The molecule has 1 atom stereocenters. The molecule has 6 rings (SSSR count). The van der Waals surface area contributed by atoms with Crippen molar-refractivity contribution in [3.8, 4) is 33.6 Å². The van der Waals surface area contributed by atoms with Crippen molar-refractivity contribution in [3.63, 3.8) is 0 Å². The van der Waals surface area contributed by atoms with E-state index >= 15 is 4.39 Å². The molecule has 0 saturated carbocycles. The third-order valence-corrected chi connectivity index (χ3v) is 10.7. The van der Waals surface area contributed by atoms with Gasteiger partial charge in [-0.1, -0.05) is 94.8 Å². The Kier molecular flexibility index (Phi) is 10.6. The Labute approximate surface area is 297 Å². The summed E-state index contributed by atoms with van der Waals surface area (Å²) >= 11 is 1.50. The van der Waals surface area contributed by atoms with Gasteiger partial charge in [-0.3, -0.25) is 14.5 Å². The number of aryl methyl sites for hydroxylation is 1. The molecule has 3 aromatic carbocycles. The molecule has 0 spiro atoms. The topological polar surface area (TPSA) is 95.4 Å². The zero-order valence-corrected chi connectivity index (χ0v) is 29.8. The van der Waals surface area contributed by atoms with Crippen LogP contribution in [0.1, 0.15) is 59.8 Å². The number of thiophene rings is 1. The summed E-state index contributed by atoms with van der Waals surface area (Å²) < 4.78 is 15.3. The lowest BCUT2D eigenvalue weighted by atomic mass is 9.95. The van der Waals surface area contributed by atoms with Crippen LogP contribution < -0.4 is 5.32 Å². The number of carbonyl (C=O) groups excluding carboxylic acids is 1. The normalized spacial score (nSPS) is 14.3. The summed E-state index contributed by atoms with van der Waals surface area (Å²) in [5, 5.41) is 12.5. The standard InChI is InChI=1S/C41H43FN4O3S/c1-5-6-26-7-11-28(12-8-26)30-15-16-34(35(42)20-30)31-21-43-38(44-22-31)29-13-9-27(10-14-29)19-33(25-46-23-32(24-46)40(48)49)45-39(47)36-17-18-37(50-36)41(2,3)4/h7-18,20-22,32-33H,5-6,19,23-25H2,1-4H3,(H,45,47)(H,48,49)/t33-/m0/s1. The molecule has 0 unspecified atom stereocenters. The Morgan fingerprint density at radius 1 is 0.900 bits per heavy atom. The second kappa shape index (κ2) is 15.0. The van der Waals surface area contributed by atoms with E-state index in [2.05, 4.69) is 60.0 Å². The summed E-state index contributed by atoms with van der Waals surface area (Å²) in [5.74, 6) is -1.07. The quantitative estimate of drug-likeness (QED) is 0.137. The highest BCUT2D eigenvalue weighted by Gasteiger charge is 2.34. The second-order valence-electron chi connectivity index (χ2n) is 14.2. The van der Waals surface area contributed by atoms with Gasteiger partial charge in [-0.15, -0.1) is 11.3 Å². The van der Waals surface area contributed by atoms with Crippen molar-refractivity contribution >= 4 is 23.2 Å². The number of halogens is 1. The van der Waals surface area contributed by atoms with Gasteiger partial charge in [0.1, 0.15) is 5.82 Å². The lowest BCUT2D eigenvalue weighted by Crippen LogP contribution is -2.55. The van der Waals surface area contributed by atoms with Gasteiger partial charge in [-0.2, -0.15) is 0 Å². The summed E-state index contributed by atoms with van der Waals surface area (Å²) in [5.41, 5.74) is 5.92. The number of aromatic nitrogens is 2. The van der Waals surface area contributed by atoms with Crippen molar-refractivity contribution < 1.29 is 19.1 Å². The van der Waals surface area contributed by atoms with Gasteiger partial charge < -0.3 is 10.4 Å². The number of carboxylic acids is 1. The first-order valence-corrected chi connectivity index (χ1v) is 18.0. The van der Waals surface area contributed by atoms with Gasteiger partial charge in [0, 0.05) is 59.6 Å². The zero-order chi connectivity index (χ0) is 35.4. The van der Waals surface area contributed by atoms with E-state index < -0.39 is 5.97 Å². The van der Waals surface area contributed by atoms with E-state index in [1.807, 2.05) is 54.6 Å². The first kappa shape index (κ1) is 35.1. The third-order valence-electron chi connectivity index (χ3n) is 9.14. The second-order valence-corrected chi connectivity index (χ2v) is 15.3. The summed E-state index contributed by atoms with van der Waals surface area (Å²) in [6.45, 7) is 10.0. The number of amides is 1. The number of rotatable bonds is 12. The van der Waals surface area contributed by atoms with Crippen LogP contribution >= 0.6 is 11.3 Å². The SMILES string of the molecule is CCCc1ccc(-c2ccc(-c3cnc(-c4ccc(C[C@@H](CN5CC(C(=O)O)C5)NC(=O)c5ccc(C(C)(C)C)s5)cc4)nc3)c(F)c2)cc1. The number of likely N-dealkylation sites (tertiary alicyclic amines) is 1. The van der Waals surface area contributed by atoms with E-state index in [-0.39, 0.29) is 29.1 Å². The van der Waals surface area contributed by atoms with E-state index in [0.717, 1.165) is 40.0 Å². The van der Waals surface area contributed by atoms with Crippen LogP contribution in [0.2, 0.25) is 0 Å². The summed E-state index contributed by atoms with van der Waals surface area (Å²) in [6, 6.07) is 25.1. The number of hydrogen-bond acceptors (Lipinski definition) is 6. The lowest BCUT2D eigenvalue weighted by molar-refractivity contribution is -0.147. The molecule has 0 bridgehead atoms. The highest BCUT2D eigenvalue weighted by atomic mass is 32.1. The number of aliphatic carboxylic acids is 1. The van der Waals surface area contributed by atoms with Crippen LogP contribution in [0.15, 0.2) is 91.3 Å². The van der Waals surface area contributed by atoms with Crippen LogP contribution in [0.3, 0.4) is 0 Å². The van der Waals surface area contributed by atoms with E-state index in [1.165, 1.54) is 16.9 Å². The van der Waals surface area contributed by atoms with Gasteiger partial charge in [0.15, 0.2) is 5.82 Å². The van der Waals surface area contributed by atoms with Crippen molar-refractivity contribution in [2.45, 2.75) is 58.4 Å². The number of benzene rings is 3. The molecule has 1 aliphatic heterocycles. The smallest absolute Gasteiger partial charge is 0.309 e. The Morgan fingerprint density at radius 2 is 1.54 bits per heavy atom. The lowest BCUT2D eigenvalue weighted by Gasteiger charge is -2.39. The van der Waals surface area contributed by atoms with Gasteiger partial charge in [-0.25, -0.2) is 14.4 Å². The van der Waals surface area contributed by atoms with Crippen molar-refractivity contribution in [3.05, 3.63) is 118 Å². The van der Waals surface area contributed by atoms with Gasteiger partial charge in [0.05, 0.1) is 10.8 Å². The molecule has 2 aromatic heterocycles. The minimum atomic E-state index is -0.784. The van der Waals surface area contributed by atoms with E-state index in [9.17, 15) is 14.7 Å². The maximum Gasteiger partial charge on any atom is 0.309 e. The molecule has 1 aliphatic rings. The number of hydrogen-bond donors (Lipinski definition) is 2. The Bertz CT molecular complexity index is 1940. The Morgan fingerprint density at radius 3 is 2.14 bits per heavy atom. The van der Waals surface area contributed by atoms with Crippen molar-refractivity contribution in [1.29, 1.82) is 0 Å². The molecule has 3 heterocycles. The molecular weight excluding hydrogens is 648 g/mol. The largest absolute Gasteiger partial charge is 0.481 e. The van der Waals surface area contributed by atoms with Crippen molar-refractivity contribution in [2.24, 2.45) is 5.92 Å². The van der Waals surface area contributed by atoms with Crippen molar-refractivity contribution in [1.82, 2.24) is 20.2 Å². The molecule has 1 saturated heterocycles. The fraction of sp³-hybridized carbons (Fsp3) is 0.317. The number of nitrogens with one attached hydrogen (secondary N) is 1. The summed E-state index contributed by atoms with van der Waals surface area (Å²) in [7, 11) is 0. The van der Waals surface area contributed by atoms with Gasteiger partial charge in [0.2, 0.25) is 0 Å². The predicted octanol–water partition coefficient (Wildman–Crippen LogP) is 8.29. The molecule has 9 heteroatoms. The molecule has 5 aromatic rings. The van der Waals surface area contributed by atoms with Crippen LogP contribution in [-0.4, -0.2) is 57.5 Å². The average Bonchev–Trinajstić information content (AvgIpc) is 3.59. The Balaban J connectivity index is 1.12. The van der Waals surface area contributed by atoms with Crippen molar-refractivity contribution in [2.75, 3.05) is 19.6 Å². The molecule has 2 N–H and O–H groups in total. The molecule has 0 aliphatic carbocycles. The van der Waals surface area contributed by atoms with E-state index in [1.54, 1.807) is 24.5 Å². The van der Waals surface area contributed by atoms with Crippen LogP contribution in [0.4, 0.5) is 4.39 Å². The maximum atomic E-state index is 15.3. The fourth-order valence-electron chi connectivity index (χ4n) is 6.24. The highest BCUT2D eigenvalue weighted by molar-refractivity contribution is 7.14. The molecule has 50 heavy (non-hydrogen) atoms. The fourth-order valence-corrected chi connectivity index (χ4v) is 7.21.